The van der Waals surface area contributed by atoms with Crippen molar-refractivity contribution < 1.29 is 17.7 Å². The second-order valence-corrected chi connectivity index (χ2v) is 11.2. The fourth-order valence-corrected chi connectivity index (χ4v) is 5.04. The van der Waals surface area contributed by atoms with E-state index in [0.717, 1.165) is 18.6 Å². The molecule has 0 spiro atoms. The normalized spacial score (nSPS) is 27.6. The highest BCUT2D eigenvalue weighted by atomic mass is 32.2. The van der Waals surface area contributed by atoms with E-state index in [-0.39, 0.29) is 18.3 Å². The third-order valence-electron chi connectivity index (χ3n) is 6.54. The first-order valence-corrected chi connectivity index (χ1v) is 11.5. The van der Waals surface area contributed by atoms with Crippen LogP contribution in [0.5, 0.6) is 0 Å². The first kappa shape index (κ1) is 19.2. The number of anilines is 1. The van der Waals surface area contributed by atoms with Crippen molar-refractivity contribution in [2.45, 2.75) is 44.9 Å². The van der Waals surface area contributed by atoms with E-state index in [4.69, 9.17) is 9.31 Å². The van der Waals surface area contributed by atoms with Crippen molar-refractivity contribution in [2.75, 3.05) is 42.6 Å². The lowest BCUT2D eigenvalue weighted by Gasteiger charge is -2.47. The minimum absolute atomic E-state index is 0.298. The van der Waals surface area contributed by atoms with E-state index in [2.05, 4.69) is 61.8 Å². The van der Waals surface area contributed by atoms with E-state index in [9.17, 15) is 8.42 Å². The second kappa shape index (κ2) is 6.47. The first-order valence-electron chi connectivity index (χ1n) is 9.71. The van der Waals surface area contributed by atoms with Crippen molar-refractivity contribution in [2.24, 2.45) is 0 Å². The summed E-state index contributed by atoms with van der Waals surface area (Å²) in [4.78, 5) is 4.65. The van der Waals surface area contributed by atoms with Gasteiger partial charge in [-0.25, -0.2) is 8.42 Å². The van der Waals surface area contributed by atoms with Crippen molar-refractivity contribution in [3.05, 3.63) is 24.3 Å². The quantitative estimate of drug-likeness (QED) is 0.713. The average molecular weight is 392 g/mol. The molecule has 3 heterocycles. The van der Waals surface area contributed by atoms with Gasteiger partial charge in [-0.2, -0.15) is 0 Å². The van der Waals surface area contributed by atoms with Crippen LogP contribution in [0.15, 0.2) is 24.3 Å². The lowest BCUT2D eigenvalue weighted by Crippen LogP contribution is -2.62. The Balaban J connectivity index is 1.34. The van der Waals surface area contributed by atoms with Crippen LogP contribution in [0.3, 0.4) is 0 Å². The zero-order valence-corrected chi connectivity index (χ0v) is 17.5. The van der Waals surface area contributed by atoms with Crippen LogP contribution in [-0.4, -0.2) is 75.4 Å². The third-order valence-corrected chi connectivity index (χ3v) is 8.15. The Labute approximate surface area is 162 Å². The Hall–Kier alpha value is -1.09. The molecule has 0 unspecified atom stereocenters. The Morgan fingerprint density at radius 1 is 0.963 bits per heavy atom. The molecule has 6 nitrogen and oxygen atoms in total. The molecule has 4 rings (SSSR count). The minimum atomic E-state index is -2.81. The predicted octanol–water partition coefficient (Wildman–Crippen LogP) is 0.905. The van der Waals surface area contributed by atoms with Crippen molar-refractivity contribution in [1.82, 2.24) is 4.90 Å². The van der Waals surface area contributed by atoms with Gasteiger partial charge in [-0.3, -0.25) is 4.90 Å². The highest BCUT2D eigenvalue weighted by Crippen LogP contribution is 2.36. The van der Waals surface area contributed by atoms with Crippen LogP contribution in [0.25, 0.3) is 0 Å². The Bertz CT molecular complexity index is 774. The highest BCUT2D eigenvalue weighted by molar-refractivity contribution is 7.91. The summed E-state index contributed by atoms with van der Waals surface area (Å²) in [5.74, 6) is 0.596. The summed E-state index contributed by atoms with van der Waals surface area (Å²) in [5.41, 5.74) is 1.57. The van der Waals surface area contributed by atoms with E-state index in [1.807, 2.05) is 0 Å². The summed E-state index contributed by atoms with van der Waals surface area (Å²) >= 11 is 0. The molecule has 0 aliphatic carbocycles. The van der Waals surface area contributed by atoms with Gasteiger partial charge in [-0.05, 0) is 45.3 Å². The van der Waals surface area contributed by atoms with Crippen LogP contribution in [0, 0.1) is 0 Å². The molecule has 0 saturated carbocycles. The fraction of sp³-hybridized carbons (Fsp3) is 0.684. The van der Waals surface area contributed by atoms with E-state index in [1.165, 1.54) is 5.69 Å². The monoisotopic (exact) mass is 392 g/mol. The van der Waals surface area contributed by atoms with E-state index in [0.29, 0.717) is 30.6 Å². The Kier molecular flexibility index (Phi) is 4.61. The molecular formula is C19H29BN2O4S. The Morgan fingerprint density at radius 2 is 1.48 bits per heavy atom. The summed E-state index contributed by atoms with van der Waals surface area (Å²) < 4.78 is 35.4. The van der Waals surface area contributed by atoms with Crippen LogP contribution < -0.4 is 10.4 Å². The molecule has 0 aromatic heterocycles. The maximum Gasteiger partial charge on any atom is 0.494 e. The van der Waals surface area contributed by atoms with Gasteiger partial charge in [-0.15, -0.1) is 0 Å². The van der Waals surface area contributed by atoms with Gasteiger partial charge < -0.3 is 14.2 Å². The Morgan fingerprint density at radius 3 is 2.00 bits per heavy atom. The third kappa shape index (κ3) is 3.64. The van der Waals surface area contributed by atoms with Gasteiger partial charge in [0.25, 0.3) is 0 Å². The molecule has 148 valence electrons. The molecule has 3 aliphatic rings. The van der Waals surface area contributed by atoms with Gasteiger partial charge in [0.2, 0.25) is 0 Å². The molecule has 3 fully saturated rings. The number of nitrogens with zero attached hydrogens (tertiary/aromatic N) is 2. The lowest BCUT2D eigenvalue weighted by molar-refractivity contribution is 0.00578. The number of hydrogen-bond donors (Lipinski definition) is 0. The van der Waals surface area contributed by atoms with E-state index < -0.39 is 9.84 Å². The summed E-state index contributed by atoms with van der Waals surface area (Å²) in [6, 6.07) is 8.87. The smallest absolute Gasteiger partial charge is 0.399 e. The lowest BCUT2D eigenvalue weighted by atomic mass is 9.79. The minimum Gasteiger partial charge on any atom is -0.399 e. The maximum absolute atomic E-state index is 11.6. The van der Waals surface area contributed by atoms with Gasteiger partial charge in [-0.1, -0.05) is 12.1 Å². The van der Waals surface area contributed by atoms with E-state index in [1.54, 1.807) is 0 Å². The highest BCUT2D eigenvalue weighted by Gasteiger charge is 2.51. The molecule has 0 amide bonds. The summed E-state index contributed by atoms with van der Waals surface area (Å²) in [7, 11) is -3.14. The van der Waals surface area contributed by atoms with Crippen molar-refractivity contribution in [3.8, 4) is 0 Å². The van der Waals surface area contributed by atoms with Gasteiger partial charge in [0.1, 0.15) is 0 Å². The number of sulfone groups is 1. The van der Waals surface area contributed by atoms with E-state index >= 15 is 0 Å². The molecule has 3 aliphatic heterocycles. The van der Waals surface area contributed by atoms with Crippen molar-refractivity contribution >= 4 is 28.1 Å². The molecule has 3 saturated heterocycles. The number of hydrogen-bond acceptors (Lipinski definition) is 6. The zero-order chi connectivity index (χ0) is 19.4. The van der Waals surface area contributed by atoms with Gasteiger partial charge in [0, 0.05) is 37.9 Å². The number of rotatable bonds is 3. The summed E-state index contributed by atoms with van der Waals surface area (Å²) in [6.07, 6.45) is 0. The first-order chi connectivity index (χ1) is 12.6. The average Bonchev–Trinajstić information content (AvgIpc) is 2.76. The zero-order valence-electron chi connectivity index (χ0n) is 16.6. The SMILES string of the molecule is CC1(C)OB(c2ccc(N3CC(N4CCS(=O)(=O)CC4)C3)cc2)OC1(C)C. The largest absolute Gasteiger partial charge is 0.494 e. The summed E-state index contributed by atoms with van der Waals surface area (Å²) in [6.45, 7) is 11.5. The summed E-state index contributed by atoms with van der Waals surface area (Å²) in [5, 5.41) is 0. The molecule has 27 heavy (non-hydrogen) atoms. The molecule has 0 radical (unpaired) electrons. The van der Waals surface area contributed by atoms with Gasteiger partial charge >= 0.3 is 7.12 Å². The number of benzene rings is 1. The molecule has 0 bridgehead atoms. The van der Waals surface area contributed by atoms with Crippen LogP contribution in [-0.2, 0) is 19.1 Å². The van der Waals surface area contributed by atoms with Gasteiger partial charge in [0.05, 0.1) is 22.7 Å². The van der Waals surface area contributed by atoms with Crippen LogP contribution >= 0.6 is 0 Å². The molecule has 0 atom stereocenters. The fourth-order valence-electron chi connectivity index (χ4n) is 3.81. The van der Waals surface area contributed by atoms with Crippen LogP contribution in [0.4, 0.5) is 5.69 Å². The maximum atomic E-state index is 11.6. The van der Waals surface area contributed by atoms with Crippen molar-refractivity contribution in [1.29, 1.82) is 0 Å². The van der Waals surface area contributed by atoms with Crippen LogP contribution in [0.1, 0.15) is 27.7 Å². The molecule has 0 N–H and O–H groups in total. The van der Waals surface area contributed by atoms with Crippen molar-refractivity contribution in [3.63, 3.8) is 0 Å². The molecule has 8 heteroatoms. The molecular weight excluding hydrogens is 363 g/mol. The van der Waals surface area contributed by atoms with Gasteiger partial charge in [0.15, 0.2) is 9.84 Å². The second-order valence-electron chi connectivity index (χ2n) is 8.93. The molecule has 1 aromatic rings. The van der Waals surface area contributed by atoms with Crippen LogP contribution in [0.2, 0.25) is 0 Å². The topological polar surface area (TPSA) is 59.1 Å². The molecule has 1 aromatic carbocycles. The standard InChI is InChI=1S/C19H29BN2O4S/c1-18(2)19(3,4)26-20(25-18)15-5-7-16(8-6-15)22-13-17(14-22)21-9-11-27(23,24)12-10-21/h5-8,17H,9-14H2,1-4H3. The predicted molar refractivity (Wildman–Crippen MR) is 108 cm³/mol.